The van der Waals surface area contributed by atoms with Gasteiger partial charge in [0.1, 0.15) is 9.84 Å². The molecule has 0 bridgehead atoms. The summed E-state index contributed by atoms with van der Waals surface area (Å²) < 4.78 is 49.2. The van der Waals surface area contributed by atoms with E-state index in [-0.39, 0.29) is 29.3 Å². The molecule has 0 spiro atoms. The summed E-state index contributed by atoms with van der Waals surface area (Å²) in [5, 5.41) is -0.619. The Hall–Kier alpha value is -0.250. The first-order chi connectivity index (χ1) is 8.74. The standard InChI is InChI=1S/C10H18N2O4S3/c11-10(17)9-2-1-5-12(9)19(15,16)8-3-6-18(13,14)7-4-8/h8-9H,1-7H2,(H2,11,17). The second-order valence-corrected chi connectivity index (χ2v) is 10.0. The van der Waals surface area contributed by atoms with Gasteiger partial charge in [-0.05, 0) is 25.7 Å². The van der Waals surface area contributed by atoms with Gasteiger partial charge in [0.25, 0.3) is 0 Å². The summed E-state index contributed by atoms with van der Waals surface area (Å²) in [7, 11) is -6.57. The molecule has 2 fully saturated rings. The normalized spacial score (nSPS) is 29.4. The van der Waals surface area contributed by atoms with Crippen LogP contribution < -0.4 is 5.73 Å². The van der Waals surface area contributed by atoms with Crippen molar-refractivity contribution in [1.29, 1.82) is 0 Å². The lowest BCUT2D eigenvalue weighted by Crippen LogP contribution is -2.48. The molecule has 2 aliphatic rings. The fourth-order valence-corrected chi connectivity index (χ4v) is 6.96. The van der Waals surface area contributed by atoms with Crippen LogP contribution in [0.15, 0.2) is 0 Å². The van der Waals surface area contributed by atoms with E-state index in [0.29, 0.717) is 13.0 Å². The van der Waals surface area contributed by atoms with Crippen LogP contribution in [0.25, 0.3) is 0 Å². The smallest absolute Gasteiger partial charge is 0.217 e. The minimum absolute atomic E-state index is 0.0531. The van der Waals surface area contributed by atoms with Gasteiger partial charge in [0.15, 0.2) is 0 Å². The molecule has 0 aromatic heterocycles. The lowest BCUT2D eigenvalue weighted by molar-refractivity contribution is 0.431. The quantitative estimate of drug-likeness (QED) is 0.712. The summed E-state index contributed by atoms with van der Waals surface area (Å²) >= 11 is 4.91. The molecule has 2 N–H and O–H groups in total. The molecule has 0 radical (unpaired) electrons. The van der Waals surface area contributed by atoms with Crippen molar-refractivity contribution < 1.29 is 16.8 Å². The Morgan fingerprint density at radius 2 is 1.79 bits per heavy atom. The maximum atomic E-state index is 12.5. The molecule has 2 aliphatic heterocycles. The van der Waals surface area contributed by atoms with E-state index in [1.54, 1.807) is 0 Å². The van der Waals surface area contributed by atoms with Gasteiger partial charge < -0.3 is 5.73 Å². The number of hydrogen-bond donors (Lipinski definition) is 1. The number of thiocarbonyl (C=S) groups is 1. The van der Waals surface area contributed by atoms with Crippen LogP contribution in [0.2, 0.25) is 0 Å². The Labute approximate surface area is 119 Å². The second kappa shape index (κ2) is 5.27. The molecule has 0 aromatic rings. The van der Waals surface area contributed by atoms with Gasteiger partial charge in [-0.25, -0.2) is 16.8 Å². The molecular weight excluding hydrogens is 308 g/mol. The van der Waals surface area contributed by atoms with Crippen molar-refractivity contribution in [3.63, 3.8) is 0 Å². The topological polar surface area (TPSA) is 97.5 Å². The van der Waals surface area contributed by atoms with Crippen LogP contribution >= 0.6 is 12.2 Å². The van der Waals surface area contributed by atoms with Gasteiger partial charge in [0, 0.05) is 6.54 Å². The zero-order valence-electron chi connectivity index (χ0n) is 10.5. The third-order valence-corrected chi connectivity index (χ3v) is 8.17. The molecule has 0 amide bonds. The van der Waals surface area contributed by atoms with Crippen molar-refractivity contribution >= 4 is 37.1 Å². The van der Waals surface area contributed by atoms with Crippen molar-refractivity contribution in [2.45, 2.75) is 37.0 Å². The van der Waals surface area contributed by atoms with Gasteiger partial charge >= 0.3 is 0 Å². The zero-order valence-corrected chi connectivity index (χ0v) is 12.9. The Morgan fingerprint density at radius 1 is 1.21 bits per heavy atom. The van der Waals surface area contributed by atoms with E-state index < -0.39 is 31.2 Å². The van der Waals surface area contributed by atoms with Crippen LogP contribution in [0.1, 0.15) is 25.7 Å². The SMILES string of the molecule is NC(=S)C1CCCN1S(=O)(=O)C1CCS(=O)(=O)CC1. The maximum absolute atomic E-state index is 12.5. The third kappa shape index (κ3) is 3.09. The summed E-state index contributed by atoms with van der Waals surface area (Å²) in [5.74, 6) is -0.106. The molecule has 6 nitrogen and oxygen atoms in total. The van der Waals surface area contributed by atoms with Crippen molar-refractivity contribution in [3.8, 4) is 0 Å². The number of sulfone groups is 1. The molecule has 2 heterocycles. The summed E-state index contributed by atoms with van der Waals surface area (Å²) in [5.41, 5.74) is 5.59. The first-order valence-corrected chi connectivity index (χ1v) is 9.98. The van der Waals surface area contributed by atoms with Gasteiger partial charge in [-0.15, -0.1) is 0 Å². The highest BCUT2D eigenvalue weighted by Crippen LogP contribution is 2.28. The van der Waals surface area contributed by atoms with Gasteiger partial charge in [-0.1, -0.05) is 12.2 Å². The molecule has 0 aliphatic carbocycles. The molecule has 1 unspecified atom stereocenters. The average molecular weight is 326 g/mol. The van der Waals surface area contributed by atoms with E-state index in [9.17, 15) is 16.8 Å². The third-order valence-electron chi connectivity index (χ3n) is 3.78. The van der Waals surface area contributed by atoms with Crippen molar-refractivity contribution in [2.24, 2.45) is 5.73 Å². The molecule has 0 aromatic carbocycles. The van der Waals surface area contributed by atoms with Crippen LogP contribution in [0.3, 0.4) is 0 Å². The molecule has 9 heteroatoms. The summed E-state index contributed by atoms with van der Waals surface area (Å²) in [4.78, 5) is 0.199. The number of rotatable bonds is 3. The number of hydrogen-bond acceptors (Lipinski definition) is 5. The van der Waals surface area contributed by atoms with E-state index in [2.05, 4.69) is 0 Å². The largest absolute Gasteiger partial charge is 0.392 e. The van der Waals surface area contributed by atoms with Gasteiger partial charge in [-0.2, -0.15) is 4.31 Å². The average Bonchev–Trinajstić information content (AvgIpc) is 2.77. The highest BCUT2D eigenvalue weighted by atomic mass is 32.2. The van der Waals surface area contributed by atoms with Gasteiger partial charge in [0.2, 0.25) is 10.0 Å². The van der Waals surface area contributed by atoms with Crippen LogP contribution in [-0.2, 0) is 19.9 Å². The molecule has 19 heavy (non-hydrogen) atoms. The van der Waals surface area contributed by atoms with E-state index in [4.69, 9.17) is 18.0 Å². The molecule has 0 saturated carbocycles. The lowest BCUT2D eigenvalue weighted by atomic mass is 10.2. The van der Waals surface area contributed by atoms with Crippen LogP contribution in [0.5, 0.6) is 0 Å². The summed E-state index contributed by atoms with van der Waals surface area (Å²) in [6, 6.07) is -0.404. The molecule has 1 atom stereocenters. The van der Waals surface area contributed by atoms with Crippen LogP contribution in [-0.4, -0.2) is 55.5 Å². The predicted molar refractivity (Wildman–Crippen MR) is 77.1 cm³/mol. The van der Waals surface area contributed by atoms with Crippen molar-refractivity contribution in [1.82, 2.24) is 4.31 Å². The molecule has 110 valence electrons. The molecule has 2 rings (SSSR count). The maximum Gasteiger partial charge on any atom is 0.217 e. The van der Waals surface area contributed by atoms with E-state index in [0.717, 1.165) is 6.42 Å². The number of sulfonamides is 1. The van der Waals surface area contributed by atoms with Crippen LogP contribution in [0.4, 0.5) is 0 Å². The summed E-state index contributed by atoms with van der Waals surface area (Å²) in [6.45, 7) is 0.424. The predicted octanol–water partition coefficient (Wildman–Crippen LogP) is -0.356. The van der Waals surface area contributed by atoms with E-state index in [1.807, 2.05) is 0 Å². The minimum atomic E-state index is -3.50. The fourth-order valence-electron chi connectivity index (χ4n) is 2.69. The number of nitrogens with two attached hydrogens (primary N) is 1. The van der Waals surface area contributed by atoms with Crippen molar-refractivity contribution in [3.05, 3.63) is 0 Å². The fraction of sp³-hybridized carbons (Fsp3) is 0.900. The molecular formula is C10H18N2O4S3. The van der Waals surface area contributed by atoms with Crippen molar-refractivity contribution in [2.75, 3.05) is 18.1 Å². The Balaban J connectivity index is 2.17. The van der Waals surface area contributed by atoms with Gasteiger partial charge in [-0.3, -0.25) is 0 Å². The molecule has 2 saturated heterocycles. The minimum Gasteiger partial charge on any atom is -0.392 e. The highest BCUT2D eigenvalue weighted by Gasteiger charge is 2.42. The Bertz CT molecular complexity index is 556. The second-order valence-electron chi connectivity index (χ2n) is 5.07. The first kappa shape index (κ1) is 15.1. The van der Waals surface area contributed by atoms with E-state index >= 15 is 0 Å². The lowest BCUT2D eigenvalue weighted by Gasteiger charge is -2.30. The monoisotopic (exact) mass is 326 g/mol. The Kier molecular flexibility index (Phi) is 4.20. The number of nitrogens with zero attached hydrogens (tertiary/aromatic N) is 1. The Morgan fingerprint density at radius 3 is 2.32 bits per heavy atom. The van der Waals surface area contributed by atoms with Crippen LogP contribution in [0, 0.1) is 0 Å². The van der Waals surface area contributed by atoms with E-state index in [1.165, 1.54) is 4.31 Å². The summed E-state index contributed by atoms with van der Waals surface area (Å²) in [6.07, 6.45) is 1.74. The highest BCUT2D eigenvalue weighted by molar-refractivity contribution is 7.92. The van der Waals surface area contributed by atoms with Gasteiger partial charge in [0.05, 0.1) is 27.8 Å². The first-order valence-electron chi connectivity index (χ1n) is 6.24. The zero-order chi connectivity index (χ0) is 14.3.